The number of benzene rings is 2. The maximum absolute atomic E-state index is 12.4. The van der Waals surface area contributed by atoms with Gasteiger partial charge in [-0.2, -0.15) is 0 Å². The summed E-state index contributed by atoms with van der Waals surface area (Å²) in [5, 5.41) is 2.35. The molecule has 2 rings (SSSR count). The summed E-state index contributed by atoms with van der Waals surface area (Å²) in [6, 6.07) is 16.3. The maximum atomic E-state index is 12.4. The van der Waals surface area contributed by atoms with Crippen LogP contribution in [-0.4, -0.2) is 30.5 Å². The molecular weight excluding hydrogens is 326 g/mol. The van der Waals surface area contributed by atoms with E-state index in [0.717, 1.165) is 17.3 Å². The molecule has 0 spiro atoms. The number of nitrogens with one attached hydrogen (secondary N) is 1. The number of ether oxygens (including phenoxy) is 2. The van der Waals surface area contributed by atoms with Gasteiger partial charge in [0.05, 0.1) is 13.7 Å². The second-order valence-electron chi connectivity index (χ2n) is 4.92. The number of amides is 1. The van der Waals surface area contributed by atoms with Gasteiger partial charge in [0.1, 0.15) is 5.75 Å². The highest BCUT2D eigenvalue weighted by Gasteiger charge is 2.27. The third kappa shape index (κ3) is 5.11. The number of thioether (sulfide) groups is 1. The van der Waals surface area contributed by atoms with Crippen LogP contribution in [0.2, 0.25) is 0 Å². The van der Waals surface area contributed by atoms with Gasteiger partial charge in [-0.15, -0.1) is 0 Å². The van der Waals surface area contributed by atoms with E-state index in [2.05, 4.69) is 5.32 Å². The molecule has 0 aliphatic heterocycles. The van der Waals surface area contributed by atoms with Crippen molar-refractivity contribution in [2.45, 2.75) is 12.7 Å². The van der Waals surface area contributed by atoms with Gasteiger partial charge < -0.3 is 14.8 Å². The van der Waals surface area contributed by atoms with E-state index in [9.17, 15) is 9.59 Å². The summed E-state index contributed by atoms with van der Waals surface area (Å²) >= 11 is 0.968. The van der Waals surface area contributed by atoms with Gasteiger partial charge in [-0.1, -0.05) is 42.1 Å². The van der Waals surface area contributed by atoms with E-state index in [0.29, 0.717) is 11.4 Å². The van der Waals surface area contributed by atoms with Crippen LogP contribution in [0.5, 0.6) is 5.75 Å². The van der Waals surface area contributed by atoms with Crippen molar-refractivity contribution in [2.24, 2.45) is 0 Å². The number of methoxy groups -OCH3 is 1. The van der Waals surface area contributed by atoms with Crippen molar-refractivity contribution >= 4 is 28.5 Å². The predicted molar refractivity (Wildman–Crippen MR) is 95.2 cm³/mol. The minimum atomic E-state index is -1.16. The summed E-state index contributed by atoms with van der Waals surface area (Å²) in [6.07, 6.45) is 0.462. The monoisotopic (exact) mass is 345 g/mol. The molecule has 0 aromatic heterocycles. The van der Waals surface area contributed by atoms with Crippen LogP contribution in [0.15, 0.2) is 54.6 Å². The highest BCUT2D eigenvalue weighted by molar-refractivity contribution is 8.13. The van der Waals surface area contributed by atoms with Crippen molar-refractivity contribution in [3.05, 3.63) is 60.2 Å². The fourth-order valence-electron chi connectivity index (χ4n) is 1.99. The molecule has 2 aromatic carbocycles. The van der Waals surface area contributed by atoms with E-state index in [4.69, 9.17) is 9.47 Å². The van der Waals surface area contributed by atoms with Gasteiger partial charge in [-0.25, -0.2) is 0 Å². The van der Waals surface area contributed by atoms with Crippen molar-refractivity contribution in [3.8, 4) is 5.75 Å². The molecule has 1 N–H and O–H groups in total. The number of rotatable bonds is 7. The quantitative estimate of drug-likeness (QED) is 0.781. The van der Waals surface area contributed by atoms with Gasteiger partial charge in [0.15, 0.2) is 0 Å². The van der Waals surface area contributed by atoms with Crippen LogP contribution in [0.25, 0.3) is 0 Å². The Morgan fingerprint density at radius 1 is 1.08 bits per heavy atom. The Labute approximate surface area is 145 Å². The van der Waals surface area contributed by atoms with Crippen molar-refractivity contribution in [1.29, 1.82) is 0 Å². The SMILES string of the molecule is COc1ccc(NC(=O)C(OCc2ccccc2)C(=O)SC)cc1. The van der Waals surface area contributed by atoms with Crippen molar-refractivity contribution in [2.75, 3.05) is 18.7 Å². The van der Waals surface area contributed by atoms with E-state index in [1.165, 1.54) is 0 Å². The molecule has 0 radical (unpaired) electrons. The first-order chi connectivity index (χ1) is 11.6. The lowest BCUT2D eigenvalue weighted by molar-refractivity contribution is -0.136. The molecule has 5 nitrogen and oxygen atoms in total. The van der Waals surface area contributed by atoms with E-state index in [1.54, 1.807) is 37.6 Å². The fourth-order valence-corrected chi connectivity index (χ4v) is 2.38. The highest BCUT2D eigenvalue weighted by Crippen LogP contribution is 2.17. The zero-order valence-electron chi connectivity index (χ0n) is 13.5. The molecule has 0 aliphatic carbocycles. The lowest BCUT2D eigenvalue weighted by Gasteiger charge is -2.16. The summed E-state index contributed by atoms with van der Waals surface area (Å²) in [4.78, 5) is 24.4. The smallest absolute Gasteiger partial charge is 0.262 e. The van der Waals surface area contributed by atoms with Crippen LogP contribution in [0.4, 0.5) is 5.69 Å². The Morgan fingerprint density at radius 3 is 2.33 bits per heavy atom. The Balaban J connectivity index is 2.02. The second kappa shape index (κ2) is 9.10. The van der Waals surface area contributed by atoms with Crippen molar-refractivity contribution in [1.82, 2.24) is 0 Å². The molecule has 24 heavy (non-hydrogen) atoms. The molecular formula is C18H19NO4S. The van der Waals surface area contributed by atoms with Gasteiger partial charge in [-0.3, -0.25) is 9.59 Å². The summed E-state index contributed by atoms with van der Waals surface area (Å²) in [5.74, 6) is 0.195. The van der Waals surface area contributed by atoms with Gasteiger partial charge in [0.25, 0.3) is 5.91 Å². The molecule has 0 heterocycles. The van der Waals surface area contributed by atoms with Crippen LogP contribution in [0.1, 0.15) is 5.56 Å². The number of hydrogen-bond acceptors (Lipinski definition) is 5. The average Bonchev–Trinajstić information content (AvgIpc) is 2.63. The van der Waals surface area contributed by atoms with Gasteiger partial charge in [0, 0.05) is 5.69 Å². The zero-order valence-corrected chi connectivity index (χ0v) is 14.3. The second-order valence-corrected chi connectivity index (χ2v) is 5.73. The average molecular weight is 345 g/mol. The van der Waals surface area contributed by atoms with Crippen molar-refractivity contribution in [3.63, 3.8) is 0 Å². The number of hydrogen-bond donors (Lipinski definition) is 1. The van der Waals surface area contributed by atoms with Crippen LogP contribution < -0.4 is 10.1 Å². The Morgan fingerprint density at radius 2 is 1.75 bits per heavy atom. The molecule has 2 aromatic rings. The summed E-state index contributed by atoms with van der Waals surface area (Å²) in [5.41, 5.74) is 1.47. The van der Waals surface area contributed by atoms with Gasteiger partial charge >= 0.3 is 0 Å². The predicted octanol–water partition coefficient (Wildman–Crippen LogP) is 3.11. The first-order valence-electron chi connectivity index (χ1n) is 7.32. The summed E-state index contributed by atoms with van der Waals surface area (Å²) in [7, 11) is 1.57. The third-order valence-electron chi connectivity index (χ3n) is 3.27. The molecule has 0 saturated carbocycles. The Hall–Kier alpha value is -2.31. The van der Waals surface area contributed by atoms with E-state index < -0.39 is 12.0 Å². The lowest BCUT2D eigenvalue weighted by Crippen LogP contribution is -2.36. The number of carbonyl (C=O) groups excluding carboxylic acids is 2. The zero-order chi connectivity index (χ0) is 17.4. The van der Waals surface area contributed by atoms with Gasteiger partial charge in [0.2, 0.25) is 11.2 Å². The molecule has 0 aliphatic rings. The molecule has 1 amide bonds. The van der Waals surface area contributed by atoms with Crippen LogP contribution in [-0.2, 0) is 20.9 Å². The van der Waals surface area contributed by atoms with E-state index in [1.807, 2.05) is 30.3 Å². The molecule has 0 fully saturated rings. The van der Waals surface area contributed by atoms with Crippen molar-refractivity contribution < 1.29 is 19.1 Å². The summed E-state index contributed by atoms with van der Waals surface area (Å²) in [6.45, 7) is 0.188. The molecule has 126 valence electrons. The number of carbonyl (C=O) groups is 2. The normalized spacial score (nSPS) is 11.6. The molecule has 1 atom stereocenters. The van der Waals surface area contributed by atoms with E-state index in [-0.39, 0.29) is 11.7 Å². The van der Waals surface area contributed by atoms with Gasteiger partial charge in [-0.05, 0) is 36.1 Å². The van der Waals surface area contributed by atoms with Crippen LogP contribution >= 0.6 is 11.8 Å². The minimum Gasteiger partial charge on any atom is -0.497 e. The first-order valence-corrected chi connectivity index (χ1v) is 8.55. The molecule has 0 bridgehead atoms. The van der Waals surface area contributed by atoms with Crippen LogP contribution in [0, 0.1) is 0 Å². The standard InChI is InChI=1S/C18H19NO4S/c1-22-15-10-8-14(9-11-15)19-17(20)16(18(21)24-2)23-12-13-6-4-3-5-7-13/h3-11,16H,12H2,1-2H3,(H,19,20). The maximum Gasteiger partial charge on any atom is 0.262 e. The first kappa shape index (κ1) is 18.0. The largest absolute Gasteiger partial charge is 0.497 e. The Bertz CT molecular complexity index is 673. The topological polar surface area (TPSA) is 64.6 Å². The minimum absolute atomic E-state index is 0.188. The molecule has 1 unspecified atom stereocenters. The van der Waals surface area contributed by atoms with E-state index >= 15 is 0 Å². The Kier molecular flexibility index (Phi) is 6.84. The summed E-state index contributed by atoms with van der Waals surface area (Å²) < 4.78 is 10.6. The van der Waals surface area contributed by atoms with Crippen LogP contribution in [0.3, 0.4) is 0 Å². The lowest BCUT2D eigenvalue weighted by atomic mass is 10.2. The highest BCUT2D eigenvalue weighted by atomic mass is 32.2. The third-order valence-corrected chi connectivity index (χ3v) is 3.89. The molecule has 6 heteroatoms. The number of anilines is 1. The fraction of sp³-hybridized carbons (Fsp3) is 0.222. The molecule has 0 saturated heterocycles.